The van der Waals surface area contributed by atoms with E-state index in [1.165, 1.54) is 0 Å². The Labute approximate surface area is 90.2 Å². The molecule has 3 nitrogen and oxygen atoms in total. The molecule has 2 N–H and O–H groups in total. The highest BCUT2D eigenvalue weighted by atomic mass is 16.5. The molecule has 1 atom stereocenters. The molecular weight excluding hydrogens is 190 g/mol. The van der Waals surface area contributed by atoms with E-state index >= 15 is 0 Å². The van der Waals surface area contributed by atoms with E-state index in [1.54, 1.807) is 7.11 Å². The van der Waals surface area contributed by atoms with Crippen LogP contribution in [0.1, 0.15) is 22.3 Å². The standard InChI is InChI=1S/C12H17NO2/c1-9-5-3-4-6-11(9)12(14)7-10(13)8-15-2/h3-6,10H,7-8,13H2,1-2H3. The number of benzene rings is 1. The Balaban J connectivity index is 2.65. The Hall–Kier alpha value is -1.19. The lowest BCUT2D eigenvalue weighted by atomic mass is 10.0. The third-order valence-corrected chi connectivity index (χ3v) is 2.27. The molecule has 0 saturated carbocycles. The normalized spacial score (nSPS) is 12.5. The highest BCUT2D eigenvalue weighted by Crippen LogP contribution is 2.10. The van der Waals surface area contributed by atoms with Crippen molar-refractivity contribution in [1.29, 1.82) is 0 Å². The number of nitrogens with two attached hydrogens (primary N) is 1. The van der Waals surface area contributed by atoms with Crippen molar-refractivity contribution in [2.75, 3.05) is 13.7 Å². The smallest absolute Gasteiger partial charge is 0.164 e. The SMILES string of the molecule is COCC(N)CC(=O)c1ccccc1C. The van der Waals surface area contributed by atoms with Crippen LogP contribution in [0.2, 0.25) is 0 Å². The molecule has 0 bridgehead atoms. The summed E-state index contributed by atoms with van der Waals surface area (Å²) in [4.78, 5) is 11.8. The number of hydrogen-bond donors (Lipinski definition) is 1. The van der Waals surface area contributed by atoms with Crippen molar-refractivity contribution < 1.29 is 9.53 Å². The average Bonchev–Trinajstić information content (AvgIpc) is 2.18. The Morgan fingerprint density at radius 2 is 2.13 bits per heavy atom. The van der Waals surface area contributed by atoms with Gasteiger partial charge in [-0.2, -0.15) is 0 Å². The fourth-order valence-electron chi connectivity index (χ4n) is 1.51. The van der Waals surface area contributed by atoms with Gasteiger partial charge in [-0.3, -0.25) is 4.79 Å². The van der Waals surface area contributed by atoms with Gasteiger partial charge in [-0.25, -0.2) is 0 Å². The predicted octanol–water partition coefficient (Wildman–Crippen LogP) is 1.54. The van der Waals surface area contributed by atoms with Crippen LogP contribution in [0.5, 0.6) is 0 Å². The van der Waals surface area contributed by atoms with E-state index in [0.717, 1.165) is 11.1 Å². The molecule has 1 aromatic rings. The number of Topliss-reactive ketones (excluding diaryl/α,β-unsaturated/α-hetero) is 1. The van der Waals surface area contributed by atoms with Crippen LogP contribution >= 0.6 is 0 Å². The molecule has 0 aromatic heterocycles. The number of rotatable bonds is 5. The first-order valence-electron chi connectivity index (χ1n) is 4.98. The molecule has 0 aliphatic rings. The summed E-state index contributed by atoms with van der Waals surface area (Å²) in [7, 11) is 1.58. The summed E-state index contributed by atoms with van der Waals surface area (Å²) >= 11 is 0. The monoisotopic (exact) mass is 207 g/mol. The molecule has 82 valence electrons. The van der Waals surface area contributed by atoms with E-state index in [2.05, 4.69) is 0 Å². The van der Waals surface area contributed by atoms with Gasteiger partial charge in [-0.05, 0) is 12.5 Å². The molecule has 0 saturated heterocycles. The molecule has 1 aromatic carbocycles. The predicted molar refractivity (Wildman–Crippen MR) is 60.0 cm³/mol. The maximum absolute atomic E-state index is 11.8. The molecule has 15 heavy (non-hydrogen) atoms. The van der Waals surface area contributed by atoms with Crippen LogP contribution in [0.25, 0.3) is 0 Å². The Morgan fingerprint density at radius 1 is 1.47 bits per heavy atom. The van der Waals surface area contributed by atoms with Crippen LogP contribution in [-0.2, 0) is 4.74 Å². The zero-order valence-corrected chi connectivity index (χ0v) is 9.19. The molecule has 0 aliphatic heterocycles. The fraction of sp³-hybridized carbons (Fsp3) is 0.417. The summed E-state index contributed by atoms with van der Waals surface area (Å²) in [5.41, 5.74) is 7.47. The third kappa shape index (κ3) is 3.46. The van der Waals surface area contributed by atoms with E-state index in [-0.39, 0.29) is 11.8 Å². The number of methoxy groups -OCH3 is 1. The first kappa shape index (κ1) is 11.9. The van der Waals surface area contributed by atoms with Crippen LogP contribution in [-0.4, -0.2) is 25.5 Å². The molecule has 0 fully saturated rings. The number of hydrogen-bond acceptors (Lipinski definition) is 3. The van der Waals surface area contributed by atoms with Gasteiger partial charge in [0.2, 0.25) is 0 Å². The number of carbonyl (C=O) groups is 1. The summed E-state index contributed by atoms with van der Waals surface area (Å²) in [6.07, 6.45) is 0.332. The lowest BCUT2D eigenvalue weighted by molar-refractivity contribution is 0.0948. The summed E-state index contributed by atoms with van der Waals surface area (Å²) in [6, 6.07) is 7.32. The van der Waals surface area contributed by atoms with Gasteiger partial charge in [0.1, 0.15) is 0 Å². The summed E-state index contributed by atoms with van der Waals surface area (Å²) < 4.78 is 4.89. The van der Waals surface area contributed by atoms with Crippen LogP contribution < -0.4 is 5.73 Å². The van der Waals surface area contributed by atoms with Crippen LogP contribution in [0, 0.1) is 6.92 Å². The second-order valence-corrected chi connectivity index (χ2v) is 3.66. The lowest BCUT2D eigenvalue weighted by Gasteiger charge is -2.10. The number of ketones is 1. The molecule has 1 unspecified atom stereocenters. The largest absolute Gasteiger partial charge is 0.383 e. The van der Waals surface area contributed by atoms with Gasteiger partial charge >= 0.3 is 0 Å². The van der Waals surface area contributed by atoms with Crippen molar-refractivity contribution in [2.24, 2.45) is 5.73 Å². The van der Waals surface area contributed by atoms with Crippen molar-refractivity contribution in [1.82, 2.24) is 0 Å². The second kappa shape index (κ2) is 5.63. The minimum absolute atomic E-state index is 0.0812. The van der Waals surface area contributed by atoms with Crippen molar-refractivity contribution in [3.8, 4) is 0 Å². The molecule has 1 rings (SSSR count). The maximum Gasteiger partial charge on any atom is 0.164 e. The van der Waals surface area contributed by atoms with Gasteiger partial charge in [0.05, 0.1) is 6.61 Å². The molecule has 0 spiro atoms. The minimum atomic E-state index is -0.220. The van der Waals surface area contributed by atoms with E-state index in [4.69, 9.17) is 10.5 Å². The van der Waals surface area contributed by atoms with Crippen molar-refractivity contribution in [3.63, 3.8) is 0 Å². The molecular formula is C12H17NO2. The first-order valence-corrected chi connectivity index (χ1v) is 4.98. The van der Waals surface area contributed by atoms with Crippen molar-refractivity contribution in [3.05, 3.63) is 35.4 Å². The quantitative estimate of drug-likeness (QED) is 0.745. The van der Waals surface area contributed by atoms with Gasteiger partial charge in [0.15, 0.2) is 5.78 Å². The van der Waals surface area contributed by atoms with Crippen molar-refractivity contribution in [2.45, 2.75) is 19.4 Å². The van der Waals surface area contributed by atoms with Gasteiger partial charge in [-0.15, -0.1) is 0 Å². The maximum atomic E-state index is 11.8. The summed E-state index contributed by atoms with van der Waals surface area (Å²) in [5, 5.41) is 0. The Morgan fingerprint density at radius 3 is 2.73 bits per heavy atom. The second-order valence-electron chi connectivity index (χ2n) is 3.66. The fourth-order valence-corrected chi connectivity index (χ4v) is 1.51. The van der Waals surface area contributed by atoms with Crippen molar-refractivity contribution >= 4 is 5.78 Å². The highest BCUT2D eigenvalue weighted by Gasteiger charge is 2.12. The number of ether oxygens (including phenoxy) is 1. The molecule has 0 heterocycles. The molecule has 3 heteroatoms. The molecule has 0 aliphatic carbocycles. The van der Waals surface area contributed by atoms with Crippen LogP contribution in [0.15, 0.2) is 24.3 Å². The van der Waals surface area contributed by atoms with E-state index < -0.39 is 0 Å². The lowest BCUT2D eigenvalue weighted by Crippen LogP contribution is -2.28. The number of carbonyl (C=O) groups excluding carboxylic acids is 1. The van der Waals surface area contributed by atoms with Crippen LogP contribution in [0.4, 0.5) is 0 Å². The zero-order valence-electron chi connectivity index (χ0n) is 9.19. The third-order valence-electron chi connectivity index (χ3n) is 2.27. The minimum Gasteiger partial charge on any atom is -0.383 e. The summed E-state index contributed by atoms with van der Waals surface area (Å²) in [5.74, 6) is 0.0812. The number of aryl methyl sites for hydroxylation is 1. The van der Waals surface area contributed by atoms with Gasteiger partial charge in [0.25, 0.3) is 0 Å². The zero-order chi connectivity index (χ0) is 11.3. The van der Waals surface area contributed by atoms with Crippen LogP contribution in [0.3, 0.4) is 0 Å². The highest BCUT2D eigenvalue weighted by molar-refractivity contribution is 5.97. The first-order chi connectivity index (χ1) is 7.15. The van der Waals surface area contributed by atoms with Gasteiger partial charge < -0.3 is 10.5 Å². The average molecular weight is 207 g/mol. The van der Waals surface area contributed by atoms with E-state index in [9.17, 15) is 4.79 Å². The van der Waals surface area contributed by atoms with Gasteiger partial charge in [-0.1, -0.05) is 24.3 Å². The van der Waals surface area contributed by atoms with Gasteiger partial charge in [0, 0.05) is 25.1 Å². The summed E-state index contributed by atoms with van der Waals surface area (Å²) in [6.45, 7) is 2.34. The van der Waals surface area contributed by atoms with E-state index in [0.29, 0.717) is 13.0 Å². The molecule has 0 amide bonds. The molecule has 0 radical (unpaired) electrons. The Kier molecular flexibility index (Phi) is 4.46. The Bertz CT molecular complexity index is 336. The van der Waals surface area contributed by atoms with E-state index in [1.807, 2.05) is 31.2 Å². The topological polar surface area (TPSA) is 52.3 Å².